The normalized spacial score (nSPS) is 13.8. The number of fused-ring (bicyclic) bond motifs is 1. The third-order valence-electron chi connectivity index (χ3n) is 4.28. The predicted octanol–water partition coefficient (Wildman–Crippen LogP) is 2.46. The van der Waals surface area contributed by atoms with E-state index < -0.39 is 5.97 Å². The summed E-state index contributed by atoms with van der Waals surface area (Å²) in [6.45, 7) is 0.708. The zero-order chi connectivity index (χ0) is 17.4. The lowest BCUT2D eigenvalue weighted by Crippen LogP contribution is -2.25. The summed E-state index contributed by atoms with van der Waals surface area (Å²) < 4.78 is 0. The molecule has 0 bridgehead atoms. The Hall–Kier alpha value is -3.22. The van der Waals surface area contributed by atoms with Crippen molar-refractivity contribution in [3.63, 3.8) is 0 Å². The number of hydrogen-bond acceptors (Lipinski definition) is 4. The second kappa shape index (κ2) is 6.01. The van der Waals surface area contributed by atoms with Crippen LogP contribution >= 0.6 is 0 Å². The fourth-order valence-corrected chi connectivity index (χ4v) is 2.67. The van der Waals surface area contributed by atoms with Crippen molar-refractivity contribution in [2.45, 2.75) is 12.8 Å². The Morgan fingerprint density at radius 2 is 2.16 bits per heavy atom. The van der Waals surface area contributed by atoms with Crippen molar-refractivity contribution in [2.24, 2.45) is 5.92 Å². The van der Waals surface area contributed by atoms with Crippen molar-refractivity contribution in [1.82, 2.24) is 20.3 Å². The maximum Gasteiger partial charge on any atom is 0.339 e. The van der Waals surface area contributed by atoms with Gasteiger partial charge in [-0.1, -0.05) is 12.1 Å². The topological polar surface area (TPSA) is 108 Å². The van der Waals surface area contributed by atoms with Gasteiger partial charge in [-0.15, -0.1) is 0 Å². The van der Waals surface area contributed by atoms with Crippen LogP contribution in [0.25, 0.3) is 22.4 Å². The van der Waals surface area contributed by atoms with E-state index in [1.54, 1.807) is 24.4 Å². The van der Waals surface area contributed by atoms with Crippen molar-refractivity contribution in [3.8, 4) is 11.3 Å². The standard InChI is InChI=1S/C18H16N4O3/c23-17(21-7-10-4-5-10)12-3-1-2-11(6-12)14-9-20-16-15(22-14)13(8-19-16)18(24)25/h1-3,6,8-10H,4-5,7H2,(H,19,20)(H,21,23)(H,24,25). The van der Waals surface area contributed by atoms with Gasteiger partial charge in [-0.25, -0.2) is 14.8 Å². The fraction of sp³-hybridized carbons (Fsp3) is 0.222. The number of aromatic nitrogens is 3. The van der Waals surface area contributed by atoms with Gasteiger partial charge in [0.25, 0.3) is 5.91 Å². The van der Waals surface area contributed by atoms with Crippen LogP contribution in [-0.4, -0.2) is 38.5 Å². The zero-order valence-electron chi connectivity index (χ0n) is 13.3. The van der Waals surface area contributed by atoms with Gasteiger partial charge in [0.1, 0.15) is 11.1 Å². The Bertz CT molecular complexity index is 975. The molecular formula is C18H16N4O3. The minimum absolute atomic E-state index is 0.0719. The van der Waals surface area contributed by atoms with Gasteiger partial charge in [-0.05, 0) is 30.9 Å². The first-order valence-corrected chi connectivity index (χ1v) is 8.08. The van der Waals surface area contributed by atoms with E-state index >= 15 is 0 Å². The molecule has 25 heavy (non-hydrogen) atoms. The van der Waals surface area contributed by atoms with Crippen LogP contribution in [0.3, 0.4) is 0 Å². The Morgan fingerprint density at radius 3 is 2.92 bits per heavy atom. The molecule has 1 amide bonds. The van der Waals surface area contributed by atoms with E-state index in [4.69, 9.17) is 0 Å². The van der Waals surface area contributed by atoms with Gasteiger partial charge in [0, 0.05) is 23.9 Å². The summed E-state index contributed by atoms with van der Waals surface area (Å²) in [5, 5.41) is 12.1. The summed E-state index contributed by atoms with van der Waals surface area (Å²) in [7, 11) is 0. The number of H-pyrrole nitrogens is 1. The zero-order valence-corrected chi connectivity index (χ0v) is 13.3. The number of amides is 1. The van der Waals surface area contributed by atoms with E-state index in [9.17, 15) is 14.7 Å². The number of carboxylic acid groups (broad SMARTS) is 1. The van der Waals surface area contributed by atoms with Crippen molar-refractivity contribution in [2.75, 3.05) is 6.54 Å². The highest BCUT2D eigenvalue weighted by molar-refractivity contribution is 6.00. The van der Waals surface area contributed by atoms with Gasteiger partial charge in [0.05, 0.1) is 11.9 Å². The van der Waals surface area contributed by atoms with E-state index in [1.165, 1.54) is 19.0 Å². The highest BCUT2D eigenvalue weighted by atomic mass is 16.4. The molecule has 7 heteroatoms. The van der Waals surface area contributed by atoms with Gasteiger partial charge in [0.2, 0.25) is 0 Å². The molecule has 4 rings (SSSR count). The largest absolute Gasteiger partial charge is 0.478 e. The highest BCUT2D eigenvalue weighted by Crippen LogP contribution is 2.27. The summed E-state index contributed by atoms with van der Waals surface area (Å²) in [4.78, 5) is 34.9. The third-order valence-corrected chi connectivity index (χ3v) is 4.28. The number of rotatable bonds is 5. The number of carbonyl (C=O) groups excluding carboxylic acids is 1. The molecule has 2 heterocycles. The molecule has 3 N–H and O–H groups in total. The molecule has 0 radical (unpaired) electrons. The average Bonchev–Trinajstić information content (AvgIpc) is 3.36. The van der Waals surface area contributed by atoms with Crippen LogP contribution in [0.4, 0.5) is 0 Å². The van der Waals surface area contributed by atoms with Crippen LogP contribution in [0, 0.1) is 5.92 Å². The Balaban J connectivity index is 1.65. The summed E-state index contributed by atoms with van der Waals surface area (Å²) >= 11 is 0. The van der Waals surface area contributed by atoms with Crippen LogP contribution in [0.2, 0.25) is 0 Å². The quantitative estimate of drug-likeness (QED) is 0.663. The van der Waals surface area contributed by atoms with Gasteiger partial charge in [-0.2, -0.15) is 0 Å². The Kier molecular flexibility index (Phi) is 3.68. The van der Waals surface area contributed by atoms with Crippen LogP contribution in [0.1, 0.15) is 33.6 Å². The average molecular weight is 336 g/mol. The SMILES string of the molecule is O=C(NCC1CC1)c1cccc(-c2cnc3[nH]cc(C(=O)O)c3n2)c1. The second-order valence-electron chi connectivity index (χ2n) is 6.19. The third kappa shape index (κ3) is 3.08. The van der Waals surface area contributed by atoms with E-state index in [2.05, 4.69) is 20.3 Å². The first kappa shape index (κ1) is 15.3. The number of nitrogens with zero attached hydrogens (tertiary/aromatic N) is 2. The smallest absolute Gasteiger partial charge is 0.339 e. The molecule has 0 aliphatic heterocycles. The monoisotopic (exact) mass is 336 g/mol. The maximum atomic E-state index is 12.2. The summed E-state index contributed by atoms with van der Waals surface area (Å²) in [6, 6.07) is 7.09. The number of carbonyl (C=O) groups is 2. The van der Waals surface area contributed by atoms with E-state index in [1.807, 2.05) is 6.07 Å². The maximum absolute atomic E-state index is 12.2. The molecule has 126 valence electrons. The highest BCUT2D eigenvalue weighted by Gasteiger charge is 2.22. The summed E-state index contributed by atoms with van der Waals surface area (Å²) in [5.74, 6) is -0.565. The first-order valence-electron chi connectivity index (χ1n) is 8.08. The van der Waals surface area contributed by atoms with Crippen LogP contribution in [0.15, 0.2) is 36.7 Å². The van der Waals surface area contributed by atoms with E-state index in [0.29, 0.717) is 40.4 Å². The molecule has 0 atom stereocenters. The number of carboxylic acids is 1. The molecular weight excluding hydrogens is 320 g/mol. The van der Waals surface area contributed by atoms with Crippen LogP contribution in [0.5, 0.6) is 0 Å². The Labute approximate surface area is 143 Å². The first-order chi connectivity index (χ1) is 12.1. The van der Waals surface area contributed by atoms with Gasteiger partial charge in [0.15, 0.2) is 5.65 Å². The van der Waals surface area contributed by atoms with Crippen molar-refractivity contribution >= 4 is 23.0 Å². The van der Waals surface area contributed by atoms with Gasteiger partial charge >= 0.3 is 5.97 Å². The molecule has 1 saturated carbocycles. The van der Waals surface area contributed by atoms with Crippen molar-refractivity contribution in [1.29, 1.82) is 0 Å². The number of aromatic carboxylic acids is 1. The van der Waals surface area contributed by atoms with E-state index in [-0.39, 0.29) is 11.5 Å². The molecule has 0 spiro atoms. The molecule has 0 unspecified atom stereocenters. The number of hydrogen-bond donors (Lipinski definition) is 3. The van der Waals surface area contributed by atoms with Gasteiger partial charge < -0.3 is 15.4 Å². The molecule has 1 fully saturated rings. The summed E-state index contributed by atoms with van der Waals surface area (Å²) in [6.07, 6.45) is 5.29. The molecule has 1 aromatic carbocycles. The number of aromatic amines is 1. The lowest BCUT2D eigenvalue weighted by Gasteiger charge is -2.06. The van der Waals surface area contributed by atoms with Crippen molar-refractivity contribution < 1.29 is 14.7 Å². The fourth-order valence-electron chi connectivity index (χ4n) is 2.67. The lowest BCUT2D eigenvalue weighted by atomic mass is 10.1. The summed E-state index contributed by atoms with van der Waals surface area (Å²) in [5.41, 5.74) is 2.57. The number of nitrogens with one attached hydrogen (secondary N) is 2. The predicted molar refractivity (Wildman–Crippen MR) is 91.3 cm³/mol. The minimum Gasteiger partial charge on any atom is -0.478 e. The minimum atomic E-state index is -1.06. The molecule has 1 aliphatic rings. The van der Waals surface area contributed by atoms with Crippen LogP contribution < -0.4 is 5.32 Å². The van der Waals surface area contributed by atoms with E-state index in [0.717, 1.165) is 0 Å². The molecule has 1 aliphatic carbocycles. The Morgan fingerprint density at radius 1 is 1.32 bits per heavy atom. The van der Waals surface area contributed by atoms with Gasteiger partial charge in [-0.3, -0.25) is 4.79 Å². The van der Waals surface area contributed by atoms with Crippen LogP contribution in [-0.2, 0) is 0 Å². The molecule has 2 aromatic heterocycles. The second-order valence-corrected chi connectivity index (χ2v) is 6.19. The van der Waals surface area contributed by atoms with Crippen molar-refractivity contribution in [3.05, 3.63) is 47.8 Å². The lowest BCUT2D eigenvalue weighted by molar-refractivity contribution is 0.0698. The molecule has 0 saturated heterocycles. The molecule has 7 nitrogen and oxygen atoms in total. The number of benzene rings is 1. The molecule has 3 aromatic rings.